The van der Waals surface area contributed by atoms with Crippen LogP contribution in [0, 0.1) is 17.2 Å². The molecule has 0 aromatic heterocycles. The Morgan fingerprint density at radius 1 is 1.42 bits per heavy atom. The normalized spacial score (nSPS) is 16.4. The second-order valence-corrected chi connectivity index (χ2v) is 7.62. The van der Waals surface area contributed by atoms with Crippen LogP contribution in [-0.2, 0) is 10.0 Å². The predicted octanol–water partition coefficient (Wildman–Crippen LogP) is 1.37. The van der Waals surface area contributed by atoms with E-state index in [4.69, 9.17) is 10.00 Å². The zero-order valence-electron chi connectivity index (χ0n) is 13.8. The highest BCUT2D eigenvalue weighted by Crippen LogP contribution is 2.29. The molecular weight excluding hydrogens is 330 g/mol. The third kappa shape index (κ3) is 3.86. The number of amides is 1. The summed E-state index contributed by atoms with van der Waals surface area (Å²) in [6, 6.07) is 6.34. The molecule has 1 aliphatic rings. The Kier molecular flexibility index (Phi) is 5.80. The smallest absolute Gasteiger partial charge is 0.251 e. The second kappa shape index (κ2) is 7.64. The Morgan fingerprint density at radius 2 is 2.08 bits per heavy atom. The van der Waals surface area contributed by atoms with Gasteiger partial charge in [0.1, 0.15) is 10.6 Å². The van der Waals surface area contributed by atoms with Crippen molar-refractivity contribution in [1.29, 1.82) is 5.26 Å². The van der Waals surface area contributed by atoms with Gasteiger partial charge in [-0.1, -0.05) is 0 Å². The number of carbonyl (C=O) groups excluding carboxylic acids is 1. The third-order valence-corrected chi connectivity index (χ3v) is 5.82. The van der Waals surface area contributed by atoms with E-state index in [1.807, 2.05) is 6.07 Å². The summed E-state index contributed by atoms with van der Waals surface area (Å²) in [5.74, 6) is -0.526. The summed E-state index contributed by atoms with van der Waals surface area (Å²) in [6.45, 7) is 2.84. The number of carbonyl (C=O) groups is 1. The number of benzene rings is 1. The number of sulfonamides is 1. The first-order valence-electron chi connectivity index (χ1n) is 7.76. The maximum atomic E-state index is 12.8. The molecule has 1 atom stereocenters. The van der Waals surface area contributed by atoms with Crippen LogP contribution in [0.3, 0.4) is 0 Å². The first kappa shape index (κ1) is 18.2. The Morgan fingerprint density at radius 3 is 2.67 bits per heavy atom. The molecule has 1 unspecified atom stereocenters. The molecule has 1 heterocycles. The molecule has 0 radical (unpaired) electrons. The lowest BCUT2D eigenvalue weighted by atomic mass is 10.1. The van der Waals surface area contributed by atoms with Crippen molar-refractivity contribution >= 4 is 15.9 Å². The highest BCUT2D eigenvalue weighted by molar-refractivity contribution is 7.89. The Bertz CT molecular complexity index is 749. The van der Waals surface area contributed by atoms with Gasteiger partial charge in [-0.2, -0.15) is 9.57 Å². The van der Waals surface area contributed by atoms with Crippen LogP contribution >= 0.6 is 0 Å². The van der Waals surface area contributed by atoms with Crippen LogP contribution in [0.1, 0.15) is 30.1 Å². The minimum atomic E-state index is -3.70. The van der Waals surface area contributed by atoms with E-state index >= 15 is 0 Å². The predicted molar refractivity (Wildman–Crippen MR) is 88.1 cm³/mol. The summed E-state index contributed by atoms with van der Waals surface area (Å²) in [4.78, 5) is 12.2. The number of nitrogens with one attached hydrogen (secondary N) is 1. The molecule has 1 fully saturated rings. The first-order chi connectivity index (χ1) is 11.4. The van der Waals surface area contributed by atoms with Gasteiger partial charge in [0.25, 0.3) is 5.91 Å². The van der Waals surface area contributed by atoms with Crippen LogP contribution in [0.15, 0.2) is 23.1 Å². The highest BCUT2D eigenvalue weighted by atomic mass is 32.2. The van der Waals surface area contributed by atoms with Gasteiger partial charge in [-0.05, 0) is 38.0 Å². The summed E-state index contributed by atoms with van der Waals surface area (Å²) in [7, 11) is -2.30. The lowest BCUT2D eigenvalue weighted by Gasteiger charge is -2.18. The van der Waals surface area contributed by atoms with Gasteiger partial charge in [0.2, 0.25) is 10.0 Å². The molecule has 0 aliphatic carbocycles. The van der Waals surface area contributed by atoms with E-state index in [2.05, 4.69) is 5.32 Å². The highest BCUT2D eigenvalue weighted by Gasteiger charge is 2.30. The maximum absolute atomic E-state index is 12.8. The number of hydrogen-bond acceptors (Lipinski definition) is 5. The lowest BCUT2D eigenvalue weighted by molar-refractivity contribution is 0.0950. The molecule has 8 heteroatoms. The molecule has 1 aliphatic heterocycles. The van der Waals surface area contributed by atoms with Gasteiger partial charge in [0.15, 0.2) is 0 Å². The van der Waals surface area contributed by atoms with Crippen LogP contribution in [0.4, 0.5) is 0 Å². The van der Waals surface area contributed by atoms with E-state index in [1.54, 1.807) is 6.92 Å². The van der Waals surface area contributed by atoms with Crippen molar-refractivity contribution < 1.29 is 17.9 Å². The fourth-order valence-corrected chi connectivity index (χ4v) is 4.18. The van der Waals surface area contributed by atoms with E-state index in [0.29, 0.717) is 13.1 Å². The average Bonchev–Trinajstić information content (AvgIpc) is 3.14. The van der Waals surface area contributed by atoms with Crippen LogP contribution in [0.5, 0.6) is 5.75 Å². The van der Waals surface area contributed by atoms with Crippen molar-refractivity contribution in [2.24, 2.45) is 5.92 Å². The molecule has 1 aromatic carbocycles. The van der Waals surface area contributed by atoms with Gasteiger partial charge < -0.3 is 10.1 Å². The molecule has 1 saturated heterocycles. The molecule has 1 amide bonds. The Balaban J connectivity index is 2.31. The van der Waals surface area contributed by atoms with E-state index in [9.17, 15) is 13.2 Å². The van der Waals surface area contributed by atoms with Crippen molar-refractivity contribution in [3.8, 4) is 11.8 Å². The maximum Gasteiger partial charge on any atom is 0.251 e. The Hall–Kier alpha value is -2.11. The van der Waals surface area contributed by atoms with Gasteiger partial charge in [-0.25, -0.2) is 8.42 Å². The molecular formula is C16H21N3O4S. The molecule has 7 nitrogen and oxygen atoms in total. The molecule has 130 valence electrons. The second-order valence-electron chi connectivity index (χ2n) is 5.72. The monoisotopic (exact) mass is 351 g/mol. The van der Waals surface area contributed by atoms with Gasteiger partial charge >= 0.3 is 0 Å². The first-order valence-corrected chi connectivity index (χ1v) is 9.20. The summed E-state index contributed by atoms with van der Waals surface area (Å²) in [6.07, 6.45) is 1.65. The SMILES string of the molecule is COc1ccc(C(=O)NCC(C)C#N)cc1S(=O)(=O)N1CCCC1. The molecule has 0 spiro atoms. The van der Waals surface area contributed by atoms with E-state index in [0.717, 1.165) is 12.8 Å². The number of nitriles is 1. The molecule has 1 aromatic rings. The lowest BCUT2D eigenvalue weighted by Crippen LogP contribution is -2.30. The van der Waals surface area contributed by atoms with Crippen molar-refractivity contribution in [3.63, 3.8) is 0 Å². The minimum absolute atomic E-state index is 0.00659. The summed E-state index contributed by atoms with van der Waals surface area (Å²) < 4.78 is 32.1. The van der Waals surface area contributed by atoms with Gasteiger partial charge in [-0.3, -0.25) is 4.79 Å². The molecule has 1 N–H and O–H groups in total. The van der Waals surface area contributed by atoms with Crippen LogP contribution < -0.4 is 10.1 Å². The third-order valence-electron chi connectivity index (χ3n) is 3.90. The van der Waals surface area contributed by atoms with Crippen LogP contribution in [0.2, 0.25) is 0 Å². The number of rotatable bonds is 6. The molecule has 0 bridgehead atoms. The molecule has 0 saturated carbocycles. The van der Waals surface area contributed by atoms with Crippen LogP contribution in [0.25, 0.3) is 0 Å². The molecule has 2 rings (SSSR count). The minimum Gasteiger partial charge on any atom is -0.495 e. The average molecular weight is 351 g/mol. The fraction of sp³-hybridized carbons (Fsp3) is 0.500. The van der Waals surface area contributed by atoms with Gasteiger partial charge in [0.05, 0.1) is 19.1 Å². The zero-order valence-corrected chi connectivity index (χ0v) is 14.6. The summed E-state index contributed by atoms with van der Waals surface area (Å²) >= 11 is 0. The topological polar surface area (TPSA) is 99.5 Å². The largest absolute Gasteiger partial charge is 0.495 e. The number of nitrogens with zero attached hydrogens (tertiary/aromatic N) is 2. The van der Waals surface area contributed by atoms with Gasteiger partial charge in [-0.15, -0.1) is 0 Å². The van der Waals surface area contributed by atoms with Crippen LogP contribution in [-0.4, -0.2) is 45.4 Å². The standard InChI is InChI=1S/C16H21N3O4S/c1-12(10-17)11-18-16(20)13-5-6-14(23-2)15(9-13)24(21,22)19-7-3-4-8-19/h5-6,9,12H,3-4,7-8,11H2,1-2H3,(H,18,20). The quantitative estimate of drug-likeness (QED) is 0.834. The van der Waals surface area contributed by atoms with E-state index in [1.165, 1.54) is 29.6 Å². The number of methoxy groups -OCH3 is 1. The number of ether oxygens (including phenoxy) is 1. The Labute approximate surface area is 142 Å². The van der Waals surface area contributed by atoms with Crippen molar-refractivity contribution in [1.82, 2.24) is 9.62 Å². The van der Waals surface area contributed by atoms with Crippen molar-refractivity contribution in [2.75, 3.05) is 26.7 Å². The summed E-state index contributed by atoms with van der Waals surface area (Å²) in [5.41, 5.74) is 0.221. The number of hydrogen-bond donors (Lipinski definition) is 1. The van der Waals surface area contributed by atoms with Gasteiger partial charge in [0, 0.05) is 25.2 Å². The van der Waals surface area contributed by atoms with Crippen molar-refractivity contribution in [2.45, 2.75) is 24.7 Å². The summed E-state index contributed by atoms with van der Waals surface area (Å²) in [5, 5.41) is 11.4. The van der Waals surface area contributed by atoms with E-state index < -0.39 is 15.9 Å². The molecule has 24 heavy (non-hydrogen) atoms. The van der Waals surface area contributed by atoms with Crippen molar-refractivity contribution in [3.05, 3.63) is 23.8 Å². The van der Waals surface area contributed by atoms with E-state index in [-0.39, 0.29) is 28.7 Å². The zero-order chi connectivity index (χ0) is 17.7. The fourth-order valence-electron chi connectivity index (χ4n) is 2.48.